The van der Waals surface area contributed by atoms with Crippen molar-refractivity contribution < 1.29 is 26.3 Å². The summed E-state index contributed by atoms with van der Waals surface area (Å²) in [7, 11) is 0. The Balaban J connectivity index is 2.59. The van der Waals surface area contributed by atoms with Crippen LogP contribution in [0.4, 0.5) is 26.3 Å². The van der Waals surface area contributed by atoms with Gasteiger partial charge in [0, 0.05) is 5.56 Å². The standard InChI is InChI=1S/C14H8F6/c15-12-10(7-4-8-11(12)14(18,19)20)13(16,17)9-5-2-1-3-6-9/h1-8H. The van der Waals surface area contributed by atoms with Crippen LogP contribution in [0.3, 0.4) is 0 Å². The highest BCUT2D eigenvalue weighted by Crippen LogP contribution is 2.40. The van der Waals surface area contributed by atoms with Crippen molar-refractivity contribution in [2.24, 2.45) is 0 Å². The van der Waals surface area contributed by atoms with Crippen LogP contribution in [-0.2, 0) is 12.1 Å². The molecule has 0 saturated carbocycles. The second kappa shape index (κ2) is 4.85. The van der Waals surface area contributed by atoms with E-state index >= 15 is 0 Å². The summed E-state index contributed by atoms with van der Waals surface area (Å²) in [5.41, 5.74) is -3.57. The van der Waals surface area contributed by atoms with Crippen LogP contribution < -0.4 is 0 Å². The number of alkyl halides is 5. The predicted molar refractivity (Wildman–Crippen MR) is 60.8 cm³/mol. The van der Waals surface area contributed by atoms with Gasteiger partial charge in [0.1, 0.15) is 5.82 Å². The first-order valence-corrected chi connectivity index (χ1v) is 5.54. The van der Waals surface area contributed by atoms with Crippen LogP contribution >= 0.6 is 0 Å². The number of benzene rings is 2. The molecule has 0 aliphatic carbocycles. The van der Waals surface area contributed by atoms with E-state index in [4.69, 9.17) is 0 Å². The molecule has 0 amide bonds. The first-order chi connectivity index (χ1) is 9.24. The van der Waals surface area contributed by atoms with Crippen molar-refractivity contribution in [2.45, 2.75) is 12.1 Å². The third-order valence-corrected chi connectivity index (χ3v) is 2.78. The zero-order valence-electron chi connectivity index (χ0n) is 9.89. The average Bonchev–Trinajstić information content (AvgIpc) is 2.38. The highest BCUT2D eigenvalue weighted by atomic mass is 19.4. The first-order valence-electron chi connectivity index (χ1n) is 5.54. The number of hydrogen-bond donors (Lipinski definition) is 0. The molecule has 0 atom stereocenters. The van der Waals surface area contributed by atoms with E-state index in [9.17, 15) is 26.3 Å². The van der Waals surface area contributed by atoms with Gasteiger partial charge in [0.25, 0.3) is 0 Å². The molecular weight excluding hydrogens is 282 g/mol. The minimum atomic E-state index is -5.02. The number of hydrogen-bond acceptors (Lipinski definition) is 0. The molecule has 0 radical (unpaired) electrons. The lowest BCUT2D eigenvalue weighted by atomic mass is 9.97. The molecule has 0 heterocycles. The van der Waals surface area contributed by atoms with Gasteiger partial charge in [-0.1, -0.05) is 36.4 Å². The fourth-order valence-corrected chi connectivity index (χ4v) is 1.80. The van der Waals surface area contributed by atoms with Crippen molar-refractivity contribution >= 4 is 0 Å². The van der Waals surface area contributed by atoms with Gasteiger partial charge in [-0.05, 0) is 12.1 Å². The molecule has 0 bridgehead atoms. The summed E-state index contributed by atoms with van der Waals surface area (Å²) in [6.45, 7) is 0. The van der Waals surface area contributed by atoms with Crippen LogP contribution in [0.1, 0.15) is 16.7 Å². The largest absolute Gasteiger partial charge is 0.419 e. The van der Waals surface area contributed by atoms with Crippen LogP contribution in [0.5, 0.6) is 0 Å². The average molecular weight is 290 g/mol. The van der Waals surface area contributed by atoms with Gasteiger partial charge in [-0.15, -0.1) is 0 Å². The zero-order chi connectivity index (χ0) is 15.0. The SMILES string of the molecule is Fc1c(C(F)(F)F)cccc1C(F)(F)c1ccccc1. The summed E-state index contributed by atoms with van der Waals surface area (Å²) >= 11 is 0. The maximum Gasteiger partial charge on any atom is 0.419 e. The van der Waals surface area contributed by atoms with Crippen LogP contribution in [0.15, 0.2) is 48.5 Å². The molecule has 0 aliphatic heterocycles. The molecule has 2 aromatic carbocycles. The third kappa shape index (κ3) is 2.50. The Hall–Kier alpha value is -1.98. The van der Waals surface area contributed by atoms with Crippen molar-refractivity contribution in [3.63, 3.8) is 0 Å². The Bertz CT molecular complexity index is 601. The maximum atomic E-state index is 14.1. The predicted octanol–water partition coefficient (Wildman–Crippen LogP) is 4.98. The zero-order valence-corrected chi connectivity index (χ0v) is 9.89. The van der Waals surface area contributed by atoms with Crippen molar-refractivity contribution in [1.82, 2.24) is 0 Å². The van der Waals surface area contributed by atoms with E-state index in [1.165, 1.54) is 18.2 Å². The molecule has 6 heteroatoms. The minimum absolute atomic E-state index is 0.430. The van der Waals surface area contributed by atoms with E-state index < -0.39 is 34.6 Å². The molecule has 2 rings (SSSR count). The van der Waals surface area contributed by atoms with Crippen LogP contribution in [0.2, 0.25) is 0 Å². The third-order valence-electron chi connectivity index (χ3n) is 2.78. The van der Waals surface area contributed by atoms with Gasteiger partial charge < -0.3 is 0 Å². The number of rotatable bonds is 2. The van der Waals surface area contributed by atoms with Gasteiger partial charge in [-0.3, -0.25) is 0 Å². The Morgan fingerprint density at radius 1 is 0.650 bits per heavy atom. The monoisotopic (exact) mass is 290 g/mol. The van der Waals surface area contributed by atoms with E-state index in [2.05, 4.69) is 0 Å². The van der Waals surface area contributed by atoms with Crippen LogP contribution in [0, 0.1) is 5.82 Å². The Morgan fingerprint density at radius 3 is 1.75 bits per heavy atom. The molecule has 0 nitrogen and oxygen atoms in total. The Morgan fingerprint density at radius 2 is 1.20 bits per heavy atom. The first kappa shape index (κ1) is 14.4. The van der Waals surface area contributed by atoms with Crippen molar-refractivity contribution in [3.8, 4) is 0 Å². The Labute approximate surface area is 110 Å². The van der Waals surface area contributed by atoms with E-state index in [0.29, 0.717) is 12.1 Å². The molecule has 0 spiro atoms. The number of halogens is 6. The minimum Gasteiger partial charge on any atom is -0.206 e. The fourth-order valence-electron chi connectivity index (χ4n) is 1.80. The van der Waals surface area contributed by atoms with Gasteiger partial charge in [-0.25, -0.2) is 4.39 Å². The molecule has 0 aromatic heterocycles. The molecule has 0 aliphatic rings. The quantitative estimate of drug-likeness (QED) is 0.684. The smallest absolute Gasteiger partial charge is 0.206 e. The molecule has 0 fully saturated rings. The summed E-state index contributed by atoms with van der Waals surface area (Å²) in [5, 5.41) is 0. The van der Waals surface area contributed by atoms with Gasteiger partial charge in [0.2, 0.25) is 0 Å². The molecule has 106 valence electrons. The molecule has 0 N–H and O–H groups in total. The highest BCUT2D eigenvalue weighted by molar-refractivity contribution is 5.37. The highest BCUT2D eigenvalue weighted by Gasteiger charge is 2.42. The lowest BCUT2D eigenvalue weighted by Gasteiger charge is -2.19. The second-order valence-corrected chi connectivity index (χ2v) is 4.11. The lowest BCUT2D eigenvalue weighted by Crippen LogP contribution is -2.20. The van der Waals surface area contributed by atoms with Gasteiger partial charge in [0.15, 0.2) is 0 Å². The normalized spacial score (nSPS) is 12.5. The van der Waals surface area contributed by atoms with E-state index in [0.717, 1.165) is 18.2 Å². The van der Waals surface area contributed by atoms with Gasteiger partial charge in [-0.2, -0.15) is 22.0 Å². The van der Waals surface area contributed by atoms with E-state index in [-0.39, 0.29) is 0 Å². The van der Waals surface area contributed by atoms with Crippen molar-refractivity contribution in [3.05, 3.63) is 71.0 Å². The molecule has 0 saturated heterocycles. The summed E-state index contributed by atoms with van der Waals surface area (Å²) in [6.07, 6.45) is -5.02. The molecule has 2 aromatic rings. The van der Waals surface area contributed by atoms with Crippen molar-refractivity contribution in [1.29, 1.82) is 0 Å². The second-order valence-electron chi connectivity index (χ2n) is 4.11. The summed E-state index contributed by atoms with van der Waals surface area (Å²) in [6, 6.07) is 7.97. The topological polar surface area (TPSA) is 0 Å². The Kier molecular flexibility index (Phi) is 3.50. The van der Waals surface area contributed by atoms with Gasteiger partial charge in [0.05, 0.1) is 11.1 Å². The van der Waals surface area contributed by atoms with Crippen LogP contribution in [0.25, 0.3) is 0 Å². The maximum absolute atomic E-state index is 14.1. The van der Waals surface area contributed by atoms with Crippen molar-refractivity contribution in [2.75, 3.05) is 0 Å². The van der Waals surface area contributed by atoms with E-state index in [1.807, 2.05) is 0 Å². The van der Waals surface area contributed by atoms with Gasteiger partial charge >= 0.3 is 12.1 Å². The van der Waals surface area contributed by atoms with E-state index in [1.54, 1.807) is 0 Å². The molecular formula is C14H8F6. The fraction of sp³-hybridized carbons (Fsp3) is 0.143. The van der Waals surface area contributed by atoms with Crippen LogP contribution in [-0.4, -0.2) is 0 Å². The summed E-state index contributed by atoms with van der Waals surface area (Å²) in [4.78, 5) is 0. The molecule has 20 heavy (non-hydrogen) atoms. The molecule has 0 unspecified atom stereocenters. The lowest BCUT2D eigenvalue weighted by molar-refractivity contribution is -0.140. The summed E-state index contributed by atoms with van der Waals surface area (Å²) < 4.78 is 79.6. The summed E-state index contributed by atoms with van der Waals surface area (Å²) in [5.74, 6) is -5.79.